The van der Waals surface area contributed by atoms with Crippen LogP contribution in [0.1, 0.15) is 18.9 Å². The van der Waals surface area contributed by atoms with Crippen molar-refractivity contribution in [2.24, 2.45) is 0 Å². The highest BCUT2D eigenvalue weighted by molar-refractivity contribution is 9.10. The quantitative estimate of drug-likeness (QED) is 0.806. The van der Waals surface area contributed by atoms with Gasteiger partial charge < -0.3 is 5.32 Å². The molecule has 1 N–H and O–H groups in total. The molecule has 0 radical (unpaired) electrons. The molecule has 1 unspecified atom stereocenters. The van der Waals surface area contributed by atoms with Crippen molar-refractivity contribution in [1.29, 1.82) is 0 Å². The molecule has 102 valence electrons. The van der Waals surface area contributed by atoms with Gasteiger partial charge in [0.1, 0.15) is 0 Å². The predicted octanol–water partition coefficient (Wildman–Crippen LogP) is 5.02. The van der Waals surface area contributed by atoms with Crippen LogP contribution in [0.25, 0.3) is 0 Å². The van der Waals surface area contributed by atoms with E-state index >= 15 is 0 Å². The Morgan fingerprint density at radius 2 is 2.06 bits per heavy atom. The van der Waals surface area contributed by atoms with Gasteiger partial charge in [-0.25, -0.2) is 0 Å². The summed E-state index contributed by atoms with van der Waals surface area (Å²) >= 11 is 4.89. The summed E-state index contributed by atoms with van der Waals surface area (Å²) in [5, 5.41) is 3.29. The number of rotatable bonds is 5. The number of halogens is 4. The Labute approximate surface area is 118 Å². The highest BCUT2D eigenvalue weighted by Crippen LogP contribution is 2.36. The first-order valence-electron chi connectivity index (χ1n) is 5.48. The van der Waals surface area contributed by atoms with Crippen LogP contribution in [0.3, 0.4) is 0 Å². The minimum atomic E-state index is -4.33. The van der Waals surface area contributed by atoms with Crippen molar-refractivity contribution in [2.75, 3.05) is 18.1 Å². The first-order chi connectivity index (χ1) is 8.34. The Morgan fingerprint density at radius 1 is 1.39 bits per heavy atom. The Bertz CT molecular complexity index is 395. The summed E-state index contributed by atoms with van der Waals surface area (Å²) in [4.78, 5) is 0. The number of hydrogen-bond acceptors (Lipinski definition) is 2. The fourth-order valence-corrected chi connectivity index (χ4v) is 2.15. The summed E-state index contributed by atoms with van der Waals surface area (Å²) in [6.07, 6.45) is -1.51. The maximum absolute atomic E-state index is 12.8. The van der Waals surface area contributed by atoms with Crippen LogP contribution >= 0.6 is 27.7 Å². The van der Waals surface area contributed by atoms with E-state index in [0.717, 1.165) is 12.5 Å². The number of anilines is 1. The third-order valence-corrected chi connectivity index (χ3v) is 4.09. The lowest BCUT2D eigenvalue weighted by Crippen LogP contribution is -2.13. The molecule has 1 aromatic carbocycles. The fourth-order valence-electron chi connectivity index (χ4n) is 1.44. The van der Waals surface area contributed by atoms with Gasteiger partial charge in [-0.1, -0.05) is 22.9 Å². The lowest BCUT2D eigenvalue weighted by molar-refractivity contribution is -0.136. The van der Waals surface area contributed by atoms with Gasteiger partial charge in [-0.15, -0.1) is 0 Å². The summed E-state index contributed by atoms with van der Waals surface area (Å²) < 4.78 is 39.0. The Balaban J connectivity index is 2.77. The van der Waals surface area contributed by atoms with Crippen LogP contribution in [0.4, 0.5) is 18.9 Å². The van der Waals surface area contributed by atoms with Gasteiger partial charge in [-0.05, 0) is 30.9 Å². The average Bonchev–Trinajstić information content (AvgIpc) is 2.27. The summed E-state index contributed by atoms with van der Waals surface area (Å²) in [5.74, 6) is 0. The van der Waals surface area contributed by atoms with Crippen molar-refractivity contribution >= 4 is 33.4 Å². The van der Waals surface area contributed by atoms with Gasteiger partial charge in [0.15, 0.2) is 0 Å². The molecule has 1 atom stereocenters. The lowest BCUT2D eigenvalue weighted by atomic mass is 10.1. The number of thioether (sulfide) groups is 1. The molecule has 0 aromatic heterocycles. The molecule has 0 bridgehead atoms. The Kier molecular flexibility index (Phi) is 5.85. The zero-order valence-corrected chi connectivity index (χ0v) is 12.5. The maximum Gasteiger partial charge on any atom is 0.418 e. The van der Waals surface area contributed by atoms with Gasteiger partial charge in [0.25, 0.3) is 0 Å². The van der Waals surface area contributed by atoms with Crippen molar-refractivity contribution in [2.45, 2.75) is 24.8 Å². The van der Waals surface area contributed by atoms with E-state index in [9.17, 15) is 13.2 Å². The predicted molar refractivity (Wildman–Crippen MR) is 75.2 cm³/mol. The molecule has 0 aliphatic heterocycles. The second-order valence-electron chi connectivity index (χ2n) is 3.95. The Hall–Kier alpha value is -0.360. The largest absolute Gasteiger partial charge is 0.418 e. The van der Waals surface area contributed by atoms with Crippen LogP contribution < -0.4 is 5.32 Å². The van der Waals surface area contributed by atoms with Crippen molar-refractivity contribution in [1.82, 2.24) is 0 Å². The molecule has 0 saturated heterocycles. The molecular formula is C12H15BrF3NS. The standard InChI is InChI=1S/C12H15BrF3NS/c1-8(18-2)5-6-17-11-7-9(13)3-4-10(11)12(14,15)16/h3-4,7-8,17H,5-6H2,1-2H3. The van der Waals surface area contributed by atoms with Gasteiger partial charge in [-0.3, -0.25) is 0 Å². The van der Waals surface area contributed by atoms with Crippen molar-refractivity contribution in [3.63, 3.8) is 0 Å². The Morgan fingerprint density at radius 3 is 2.61 bits per heavy atom. The molecule has 1 aromatic rings. The van der Waals surface area contributed by atoms with E-state index in [1.54, 1.807) is 11.8 Å². The minimum Gasteiger partial charge on any atom is -0.384 e. The highest BCUT2D eigenvalue weighted by atomic mass is 79.9. The molecular weight excluding hydrogens is 327 g/mol. The second-order valence-corrected chi connectivity index (χ2v) is 6.14. The van der Waals surface area contributed by atoms with Gasteiger partial charge in [0, 0.05) is 22.0 Å². The van der Waals surface area contributed by atoms with Crippen LogP contribution in [0.5, 0.6) is 0 Å². The van der Waals surface area contributed by atoms with E-state index in [-0.39, 0.29) is 5.69 Å². The normalized spacial score (nSPS) is 13.4. The van der Waals surface area contributed by atoms with E-state index in [1.165, 1.54) is 12.1 Å². The highest BCUT2D eigenvalue weighted by Gasteiger charge is 2.33. The SMILES string of the molecule is CSC(C)CCNc1cc(Br)ccc1C(F)(F)F. The molecule has 0 aliphatic carbocycles. The summed E-state index contributed by atoms with van der Waals surface area (Å²) in [6.45, 7) is 2.58. The molecule has 1 rings (SSSR count). The molecule has 0 spiro atoms. The van der Waals surface area contributed by atoms with Gasteiger partial charge in [-0.2, -0.15) is 24.9 Å². The number of benzene rings is 1. The molecule has 6 heteroatoms. The average molecular weight is 342 g/mol. The van der Waals surface area contributed by atoms with Gasteiger partial charge in [0.2, 0.25) is 0 Å². The summed E-state index contributed by atoms with van der Waals surface area (Å²) in [7, 11) is 0. The van der Waals surface area contributed by atoms with Gasteiger partial charge >= 0.3 is 6.18 Å². The fraction of sp³-hybridized carbons (Fsp3) is 0.500. The van der Waals surface area contributed by atoms with Crippen molar-refractivity contribution < 1.29 is 13.2 Å². The van der Waals surface area contributed by atoms with Crippen LogP contribution in [0.15, 0.2) is 22.7 Å². The van der Waals surface area contributed by atoms with E-state index in [0.29, 0.717) is 16.3 Å². The summed E-state index contributed by atoms with van der Waals surface area (Å²) in [6, 6.07) is 3.95. The monoisotopic (exact) mass is 341 g/mol. The van der Waals surface area contributed by atoms with Crippen LogP contribution in [0, 0.1) is 0 Å². The third-order valence-electron chi connectivity index (χ3n) is 2.56. The molecule has 1 nitrogen and oxygen atoms in total. The molecule has 18 heavy (non-hydrogen) atoms. The molecule has 0 heterocycles. The van der Waals surface area contributed by atoms with E-state index in [4.69, 9.17) is 0 Å². The molecule has 0 fully saturated rings. The zero-order chi connectivity index (χ0) is 13.8. The van der Waals surface area contributed by atoms with Crippen LogP contribution in [0.2, 0.25) is 0 Å². The smallest absolute Gasteiger partial charge is 0.384 e. The van der Waals surface area contributed by atoms with Crippen LogP contribution in [-0.4, -0.2) is 18.1 Å². The lowest BCUT2D eigenvalue weighted by Gasteiger charge is -2.16. The van der Waals surface area contributed by atoms with E-state index in [2.05, 4.69) is 28.2 Å². The van der Waals surface area contributed by atoms with Gasteiger partial charge in [0.05, 0.1) is 5.56 Å². The van der Waals surface area contributed by atoms with E-state index in [1.807, 2.05) is 6.26 Å². The minimum absolute atomic E-state index is 0.130. The number of nitrogens with one attached hydrogen (secondary N) is 1. The molecule has 0 amide bonds. The topological polar surface area (TPSA) is 12.0 Å². The number of hydrogen-bond donors (Lipinski definition) is 1. The molecule has 0 aliphatic rings. The summed E-state index contributed by atoms with van der Waals surface area (Å²) in [5.41, 5.74) is -0.493. The first kappa shape index (κ1) is 15.7. The first-order valence-corrected chi connectivity index (χ1v) is 7.56. The third kappa shape index (κ3) is 4.72. The maximum atomic E-state index is 12.8. The molecule has 0 saturated carbocycles. The van der Waals surface area contributed by atoms with E-state index < -0.39 is 11.7 Å². The number of alkyl halides is 3. The van der Waals surface area contributed by atoms with Crippen LogP contribution in [-0.2, 0) is 6.18 Å². The second kappa shape index (κ2) is 6.70. The van der Waals surface area contributed by atoms with Crippen molar-refractivity contribution in [3.8, 4) is 0 Å². The zero-order valence-electron chi connectivity index (χ0n) is 10.1. The van der Waals surface area contributed by atoms with Crippen molar-refractivity contribution in [3.05, 3.63) is 28.2 Å².